The van der Waals surface area contributed by atoms with Crippen LogP contribution in [0.2, 0.25) is 0 Å². The lowest BCUT2D eigenvalue weighted by atomic mass is 9.99. The number of sulfone groups is 1. The van der Waals surface area contributed by atoms with E-state index in [9.17, 15) is 30.0 Å². The van der Waals surface area contributed by atoms with Crippen molar-refractivity contribution in [3.8, 4) is 0 Å². The van der Waals surface area contributed by atoms with Gasteiger partial charge in [0.15, 0.2) is 9.84 Å². The van der Waals surface area contributed by atoms with Gasteiger partial charge in [0.25, 0.3) is 0 Å². The quantitative estimate of drug-likeness (QED) is 0.800. The van der Waals surface area contributed by atoms with Gasteiger partial charge in [-0.1, -0.05) is 6.07 Å². The van der Waals surface area contributed by atoms with Gasteiger partial charge in [0.05, 0.1) is 21.5 Å². The number of piperidine rings is 1. The zero-order chi connectivity index (χ0) is 18.4. The molecule has 0 unspecified atom stereocenters. The minimum absolute atomic E-state index is 0.0214. The van der Waals surface area contributed by atoms with E-state index in [0.717, 1.165) is 24.5 Å². The third-order valence-electron chi connectivity index (χ3n) is 4.37. The Morgan fingerprint density at radius 2 is 1.62 bits per heavy atom. The predicted molar refractivity (Wildman–Crippen MR) is 82.7 cm³/mol. The molecule has 24 heavy (non-hydrogen) atoms. The molecule has 1 aromatic rings. The fraction of sp³-hybridized carbons (Fsp3) is 0.571. The van der Waals surface area contributed by atoms with Crippen molar-refractivity contribution >= 4 is 19.9 Å². The molecule has 1 heterocycles. The van der Waals surface area contributed by atoms with Crippen molar-refractivity contribution in [3.63, 3.8) is 0 Å². The molecule has 0 N–H and O–H groups in total. The van der Waals surface area contributed by atoms with Crippen LogP contribution in [0.5, 0.6) is 0 Å². The first-order valence-corrected chi connectivity index (χ1v) is 10.5. The monoisotopic (exact) mass is 385 g/mol. The lowest BCUT2D eigenvalue weighted by molar-refractivity contribution is -0.137. The first-order valence-electron chi connectivity index (χ1n) is 7.14. The highest BCUT2D eigenvalue weighted by atomic mass is 32.2. The summed E-state index contributed by atoms with van der Waals surface area (Å²) in [7, 11) is -7.46. The molecular formula is C14H18F3NO4S2. The number of rotatable bonds is 3. The third-order valence-corrected chi connectivity index (χ3v) is 8.25. The number of sulfonamides is 1. The van der Waals surface area contributed by atoms with Gasteiger partial charge >= 0.3 is 6.18 Å². The van der Waals surface area contributed by atoms with E-state index in [-0.39, 0.29) is 25.9 Å². The lowest BCUT2D eigenvalue weighted by Gasteiger charge is -2.37. The van der Waals surface area contributed by atoms with Gasteiger partial charge in [-0.3, -0.25) is 0 Å². The van der Waals surface area contributed by atoms with Crippen molar-refractivity contribution < 1.29 is 30.0 Å². The molecule has 0 amide bonds. The molecule has 0 spiro atoms. The summed E-state index contributed by atoms with van der Waals surface area (Å²) in [5.41, 5.74) is -1.03. The van der Waals surface area contributed by atoms with Gasteiger partial charge in [0, 0.05) is 13.1 Å². The van der Waals surface area contributed by atoms with Crippen LogP contribution in [0.25, 0.3) is 0 Å². The fourth-order valence-electron chi connectivity index (χ4n) is 2.68. The van der Waals surface area contributed by atoms with Crippen LogP contribution in [0.3, 0.4) is 0 Å². The Kier molecular flexibility index (Phi) is 4.79. The SMILES string of the molecule is CC1(S(=O)(=O)c2cccc(C(F)(F)F)c2)CCN(S(C)(=O)=O)CC1. The van der Waals surface area contributed by atoms with Crippen molar-refractivity contribution in [2.75, 3.05) is 19.3 Å². The number of alkyl halides is 3. The second-order valence-electron chi connectivity index (χ2n) is 6.14. The number of halogens is 3. The van der Waals surface area contributed by atoms with Crippen molar-refractivity contribution in [2.24, 2.45) is 0 Å². The molecule has 0 saturated carbocycles. The summed E-state index contributed by atoms with van der Waals surface area (Å²) in [5.74, 6) is 0. The average Bonchev–Trinajstić information content (AvgIpc) is 2.46. The Morgan fingerprint density at radius 3 is 2.08 bits per heavy atom. The highest BCUT2D eigenvalue weighted by Crippen LogP contribution is 2.37. The summed E-state index contributed by atoms with van der Waals surface area (Å²) >= 11 is 0. The van der Waals surface area contributed by atoms with Crippen molar-refractivity contribution in [3.05, 3.63) is 29.8 Å². The smallest absolute Gasteiger partial charge is 0.223 e. The highest BCUT2D eigenvalue weighted by Gasteiger charge is 2.44. The molecule has 2 rings (SSSR count). The molecule has 1 aromatic carbocycles. The minimum atomic E-state index is -4.63. The van der Waals surface area contributed by atoms with E-state index < -0.39 is 41.2 Å². The Morgan fingerprint density at radius 1 is 1.08 bits per heavy atom. The summed E-state index contributed by atoms with van der Waals surface area (Å²) < 4.78 is 87.0. The molecule has 0 radical (unpaired) electrons. The van der Waals surface area contributed by atoms with E-state index >= 15 is 0 Å². The third kappa shape index (κ3) is 3.60. The molecule has 0 bridgehead atoms. The van der Waals surface area contributed by atoms with Crippen LogP contribution >= 0.6 is 0 Å². The summed E-state index contributed by atoms with van der Waals surface area (Å²) in [5, 5.41) is 0. The van der Waals surface area contributed by atoms with Gasteiger partial charge in [-0.15, -0.1) is 0 Å². The zero-order valence-electron chi connectivity index (χ0n) is 13.2. The average molecular weight is 385 g/mol. The second-order valence-corrected chi connectivity index (χ2v) is 10.6. The first-order chi connectivity index (χ1) is 10.8. The topological polar surface area (TPSA) is 71.5 Å². The maximum absolute atomic E-state index is 12.8. The van der Waals surface area contributed by atoms with Crippen molar-refractivity contribution in [1.29, 1.82) is 0 Å². The van der Waals surface area contributed by atoms with Gasteiger partial charge in [-0.2, -0.15) is 13.2 Å². The number of benzene rings is 1. The minimum Gasteiger partial charge on any atom is -0.223 e. The number of hydrogen-bond donors (Lipinski definition) is 0. The van der Waals surface area contributed by atoms with E-state index in [0.29, 0.717) is 6.07 Å². The van der Waals surface area contributed by atoms with Crippen LogP contribution in [0.15, 0.2) is 29.2 Å². The van der Waals surface area contributed by atoms with Gasteiger partial charge in [0.1, 0.15) is 0 Å². The Bertz CT molecular complexity index is 824. The normalized spacial score (nSPS) is 20.0. The zero-order valence-corrected chi connectivity index (χ0v) is 14.8. The summed E-state index contributed by atoms with van der Waals surface area (Å²) in [4.78, 5) is -0.396. The molecule has 0 aromatic heterocycles. The van der Waals surface area contributed by atoms with Crippen molar-refractivity contribution in [1.82, 2.24) is 4.31 Å². The van der Waals surface area contributed by atoms with Crippen LogP contribution < -0.4 is 0 Å². The van der Waals surface area contributed by atoms with Crippen LogP contribution in [-0.2, 0) is 26.0 Å². The van der Waals surface area contributed by atoms with E-state index in [4.69, 9.17) is 0 Å². The van der Waals surface area contributed by atoms with Gasteiger partial charge in [-0.25, -0.2) is 21.1 Å². The molecular weight excluding hydrogens is 367 g/mol. The van der Waals surface area contributed by atoms with E-state index in [1.807, 2.05) is 0 Å². The molecule has 1 aliphatic heterocycles. The van der Waals surface area contributed by atoms with Gasteiger partial charge in [0.2, 0.25) is 10.0 Å². The van der Waals surface area contributed by atoms with E-state index in [1.54, 1.807) is 0 Å². The second kappa shape index (κ2) is 5.99. The van der Waals surface area contributed by atoms with Crippen LogP contribution in [0, 0.1) is 0 Å². The molecule has 136 valence electrons. The number of nitrogens with zero attached hydrogens (tertiary/aromatic N) is 1. The highest BCUT2D eigenvalue weighted by molar-refractivity contribution is 7.92. The molecule has 5 nitrogen and oxygen atoms in total. The summed E-state index contributed by atoms with van der Waals surface area (Å²) in [6, 6.07) is 3.64. The van der Waals surface area contributed by atoms with Crippen LogP contribution in [0.4, 0.5) is 13.2 Å². The first kappa shape index (κ1) is 19.2. The van der Waals surface area contributed by atoms with Crippen LogP contribution in [-0.4, -0.2) is 45.2 Å². The molecule has 10 heteroatoms. The van der Waals surface area contributed by atoms with Crippen LogP contribution in [0.1, 0.15) is 25.3 Å². The standard InChI is InChI=1S/C14H18F3NO4S2/c1-13(6-8-18(9-7-13)23(2,19)20)24(21,22)12-5-3-4-11(10-12)14(15,16)17/h3-5,10H,6-9H2,1-2H3. The molecule has 0 atom stereocenters. The molecule has 1 aliphatic rings. The van der Waals surface area contributed by atoms with Gasteiger partial charge < -0.3 is 0 Å². The molecule has 1 saturated heterocycles. The lowest BCUT2D eigenvalue weighted by Crippen LogP contribution is -2.48. The summed E-state index contributed by atoms with van der Waals surface area (Å²) in [6.07, 6.45) is -3.54. The Labute approximate surface area is 139 Å². The maximum atomic E-state index is 12.8. The van der Waals surface area contributed by atoms with Crippen molar-refractivity contribution in [2.45, 2.75) is 35.6 Å². The van der Waals surface area contributed by atoms with E-state index in [2.05, 4.69) is 0 Å². The van der Waals surface area contributed by atoms with Gasteiger partial charge in [-0.05, 0) is 38.0 Å². The Balaban J connectivity index is 2.35. The fourth-order valence-corrected chi connectivity index (χ4v) is 5.36. The maximum Gasteiger partial charge on any atom is 0.416 e. The summed E-state index contributed by atoms with van der Waals surface area (Å²) in [6.45, 7) is 1.49. The van der Waals surface area contributed by atoms with E-state index in [1.165, 1.54) is 11.2 Å². The molecule has 1 fully saturated rings. The largest absolute Gasteiger partial charge is 0.416 e. The number of hydrogen-bond acceptors (Lipinski definition) is 4. The Hall–Kier alpha value is -1.13. The molecule has 0 aliphatic carbocycles. The predicted octanol–water partition coefficient (Wildman–Crippen LogP) is 2.29.